The van der Waals surface area contributed by atoms with Gasteiger partial charge in [-0.3, -0.25) is 15.0 Å². The number of amides is 2. The van der Waals surface area contributed by atoms with E-state index in [1.165, 1.54) is 11.8 Å². The number of nitrogens with zero attached hydrogens (tertiary/aromatic N) is 1. The number of carbonyl (C=O) groups excluding carboxylic acids is 2. The van der Waals surface area contributed by atoms with Crippen molar-refractivity contribution in [2.75, 3.05) is 0 Å². The average Bonchev–Trinajstić information content (AvgIpc) is 3.06. The second-order valence-corrected chi connectivity index (χ2v) is 8.73. The maximum Gasteiger partial charge on any atom is 0.285 e. The molecule has 0 bridgehead atoms. The normalized spacial score (nSPS) is 15.2. The van der Waals surface area contributed by atoms with Crippen molar-refractivity contribution >= 4 is 67.7 Å². The van der Waals surface area contributed by atoms with E-state index in [2.05, 4.69) is 23.6 Å². The van der Waals surface area contributed by atoms with E-state index in [0.29, 0.717) is 14.8 Å². The Morgan fingerprint density at radius 3 is 2.10 bits per heavy atom. The van der Waals surface area contributed by atoms with E-state index in [1.807, 2.05) is 48.5 Å². The largest absolute Gasteiger partial charge is 0.285 e. The van der Waals surface area contributed by atoms with E-state index in [9.17, 15) is 9.59 Å². The quantitative estimate of drug-likeness (QED) is 0.258. The molecule has 1 saturated heterocycles. The highest BCUT2D eigenvalue weighted by molar-refractivity contribution is 8.26. The number of benzene rings is 4. The highest BCUT2D eigenvalue weighted by Gasteiger charge is 2.34. The molecule has 1 aliphatic rings. The number of rotatable bonds is 3. The summed E-state index contributed by atoms with van der Waals surface area (Å²) in [5.74, 6) is -0.718. The zero-order chi connectivity index (χ0) is 21.4. The Kier molecular flexibility index (Phi) is 5.02. The SMILES string of the molecule is O=C(NN1C(=O)/C(=C/c2c3ccccc3cc3ccccc23)SC1=S)c1ccccc1. The van der Waals surface area contributed by atoms with Gasteiger partial charge in [-0.2, -0.15) is 5.01 Å². The molecule has 4 aromatic rings. The van der Waals surface area contributed by atoms with Crippen molar-refractivity contribution in [3.63, 3.8) is 0 Å². The van der Waals surface area contributed by atoms with Gasteiger partial charge in [0.1, 0.15) is 0 Å². The first kappa shape index (κ1) is 19.5. The fraction of sp³-hybridized carbons (Fsp3) is 0. The van der Waals surface area contributed by atoms with Gasteiger partial charge in [0.15, 0.2) is 4.32 Å². The van der Waals surface area contributed by atoms with E-state index >= 15 is 0 Å². The minimum Gasteiger partial charge on any atom is -0.267 e. The standard InChI is InChI=1S/C25H16N2O2S2/c28-23(16-8-2-1-3-9-16)26-27-24(29)22(31-25(27)30)15-21-19-12-6-4-10-17(19)14-18-11-5-7-13-20(18)21/h1-15H,(H,26,28)/b22-15-. The summed E-state index contributed by atoms with van der Waals surface area (Å²) in [5, 5.41) is 5.45. The summed E-state index contributed by atoms with van der Waals surface area (Å²) in [6.07, 6.45) is 1.87. The van der Waals surface area contributed by atoms with Gasteiger partial charge in [-0.15, -0.1) is 0 Å². The topological polar surface area (TPSA) is 49.4 Å². The van der Waals surface area contributed by atoms with Gasteiger partial charge >= 0.3 is 0 Å². The Hall–Kier alpha value is -3.48. The summed E-state index contributed by atoms with van der Waals surface area (Å²) >= 11 is 6.57. The van der Waals surface area contributed by atoms with E-state index in [0.717, 1.165) is 32.1 Å². The lowest BCUT2D eigenvalue weighted by atomic mass is 9.96. The van der Waals surface area contributed by atoms with Crippen LogP contribution in [0.15, 0.2) is 89.8 Å². The maximum absolute atomic E-state index is 13.1. The minimum absolute atomic E-state index is 0.296. The molecule has 1 N–H and O–H groups in total. The molecule has 1 aliphatic heterocycles. The molecule has 0 atom stereocenters. The molecular weight excluding hydrogens is 424 g/mol. The number of hydrogen-bond acceptors (Lipinski definition) is 4. The second-order valence-electron chi connectivity index (χ2n) is 7.06. The number of fused-ring (bicyclic) bond motifs is 2. The molecule has 0 saturated carbocycles. The number of hydrazine groups is 1. The summed E-state index contributed by atoms with van der Waals surface area (Å²) in [4.78, 5) is 26.1. The lowest BCUT2D eigenvalue weighted by Gasteiger charge is -2.15. The van der Waals surface area contributed by atoms with Gasteiger partial charge in [-0.05, 0) is 63.6 Å². The third-order valence-corrected chi connectivity index (χ3v) is 6.43. The first-order valence-electron chi connectivity index (χ1n) is 9.66. The summed E-state index contributed by atoms with van der Waals surface area (Å²) in [7, 11) is 0. The molecule has 4 nitrogen and oxygen atoms in total. The number of nitrogens with one attached hydrogen (secondary N) is 1. The van der Waals surface area contributed by atoms with Crippen LogP contribution in [-0.2, 0) is 4.79 Å². The number of thiocarbonyl (C=S) groups is 1. The molecule has 2 amide bonds. The van der Waals surface area contributed by atoms with Crippen LogP contribution in [0.5, 0.6) is 0 Å². The Morgan fingerprint density at radius 2 is 1.45 bits per heavy atom. The second kappa shape index (κ2) is 7.98. The van der Waals surface area contributed by atoms with Crippen molar-refractivity contribution in [3.05, 3.63) is 101 Å². The van der Waals surface area contributed by atoms with Crippen molar-refractivity contribution in [1.82, 2.24) is 10.4 Å². The molecule has 0 radical (unpaired) electrons. The molecule has 6 heteroatoms. The van der Waals surface area contributed by atoms with Crippen molar-refractivity contribution < 1.29 is 9.59 Å². The first-order valence-corrected chi connectivity index (χ1v) is 10.9. The molecule has 0 aromatic heterocycles. The Balaban J connectivity index is 1.54. The predicted octanol–water partition coefficient (Wildman–Crippen LogP) is 5.54. The fourth-order valence-electron chi connectivity index (χ4n) is 3.66. The predicted molar refractivity (Wildman–Crippen MR) is 130 cm³/mol. The van der Waals surface area contributed by atoms with Crippen LogP contribution >= 0.6 is 24.0 Å². The molecule has 5 rings (SSSR count). The van der Waals surface area contributed by atoms with Gasteiger partial charge in [0.2, 0.25) is 0 Å². The van der Waals surface area contributed by atoms with Crippen LogP contribution in [0.2, 0.25) is 0 Å². The lowest BCUT2D eigenvalue weighted by molar-refractivity contribution is -0.123. The Labute approximate surface area is 188 Å². The van der Waals surface area contributed by atoms with Crippen LogP contribution in [0.1, 0.15) is 15.9 Å². The summed E-state index contributed by atoms with van der Waals surface area (Å²) in [5.41, 5.74) is 4.05. The van der Waals surface area contributed by atoms with Gasteiger partial charge in [0, 0.05) is 5.56 Å². The molecule has 0 aliphatic carbocycles. The lowest BCUT2D eigenvalue weighted by Crippen LogP contribution is -2.44. The number of hydrogen-bond donors (Lipinski definition) is 1. The third-order valence-electron chi connectivity index (χ3n) is 5.13. The van der Waals surface area contributed by atoms with Crippen molar-refractivity contribution in [2.45, 2.75) is 0 Å². The molecule has 0 spiro atoms. The zero-order valence-electron chi connectivity index (χ0n) is 16.2. The molecule has 4 aromatic carbocycles. The number of carbonyl (C=O) groups is 2. The Bertz CT molecular complexity index is 1340. The number of thioether (sulfide) groups is 1. The molecule has 150 valence electrons. The molecule has 31 heavy (non-hydrogen) atoms. The first-order chi connectivity index (χ1) is 15.1. The van der Waals surface area contributed by atoms with Crippen molar-refractivity contribution in [2.24, 2.45) is 0 Å². The van der Waals surface area contributed by atoms with Crippen LogP contribution in [0.4, 0.5) is 0 Å². The minimum atomic E-state index is -0.381. The van der Waals surface area contributed by atoms with Crippen LogP contribution in [0.25, 0.3) is 27.6 Å². The summed E-state index contributed by atoms with van der Waals surface area (Å²) < 4.78 is 0.296. The van der Waals surface area contributed by atoms with Crippen LogP contribution in [0.3, 0.4) is 0 Å². The molecule has 1 heterocycles. The fourth-order valence-corrected chi connectivity index (χ4v) is 4.82. The summed E-state index contributed by atoms with van der Waals surface area (Å²) in [6.45, 7) is 0. The van der Waals surface area contributed by atoms with E-state index in [-0.39, 0.29) is 11.8 Å². The van der Waals surface area contributed by atoms with Gasteiger partial charge in [0.25, 0.3) is 11.8 Å². The van der Waals surface area contributed by atoms with Crippen LogP contribution in [0, 0.1) is 0 Å². The molecular formula is C25H16N2O2S2. The highest BCUT2D eigenvalue weighted by atomic mass is 32.2. The monoisotopic (exact) mass is 440 g/mol. The van der Waals surface area contributed by atoms with E-state index < -0.39 is 0 Å². The van der Waals surface area contributed by atoms with Gasteiger partial charge in [-0.1, -0.05) is 78.5 Å². The van der Waals surface area contributed by atoms with Crippen LogP contribution in [-0.4, -0.2) is 21.1 Å². The Morgan fingerprint density at radius 1 is 0.871 bits per heavy atom. The average molecular weight is 441 g/mol. The zero-order valence-corrected chi connectivity index (χ0v) is 17.9. The van der Waals surface area contributed by atoms with Gasteiger partial charge in [0.05, 0.1) is 4.91 Å². The summed E-state index contributed by atoms with van der Waals surface area (Å²) in [6, 6.07) is 27.1. The van der Waals surface area contributed by atoms with Gasteiger partial charge in [-0.25, -0.2) is 0 Å². The van der Waals surface area contributed by atoms with Gasteiger partial charge < -0.3 is 0 Å². The maximum atomic E-state index is 13.1. The third kappa shape index (κ3) is 3.60. The van der Waals surface area contributed by atoms with Crippen molar-refractivity contribution in [3.8, 4) is 0 Å². The molecule has 0 unspecified atom stereocenters. The van der Waals surface area contributed by atoms with E-state index in [1.54, 1.807) is 24.3 Å². The van der Waals surface area contributed by atoms with Crippen molar-refractivity contribution in [1.29, 1.82) is 0 Å². The highest BCUT2D eigenvalue weighted by Crippen LogP contribution is 2.36. The molecule has 1 fully saturated rings. The van der Waals surface area contributed by atoms with Crippen LogP contribution < -0.4 is 5.43 Å². The smallest absolute Gasteiger partial charge is 0.267 e. The van der Waals surface area contributed by atoms with E-state index in [4.69, 9.17) is 12.2 Å².